The summed E-state index contributed by atoms with van der Waals surface area (Å²) in [4.78, 5) is 0. The highest BCUT2D eigenvalue weighted by molar-refractivity contribution is 9.10. The molecule has 1 nitrogen and oxygen atoms in total. The van der Waals surface area contributed by atoms with E-state index in [1.54, 1.807) is 0 Å². The van der Waals surface area contributed by atoms with Gasteiger partial charge in [-0.25, -0.2) is 0 Å². The molecule has 0 saturated heterocycles. The summed E-state index contributed by atoms with van der Waals surface area (Å²) in [5.41, 5.74) is 1.33. The molecule has 0 aliphatic heterocycles. The van der Waals surface area contributed by atoms with E-state index in [0.29, 0.717) is 6.04 Å². The lowest BCUT2D eigenvalue weighted by Crippen LogP contribution is -2.19. The number of benzene rings is 1. The SMILES string of the molecule is C/C=C/CCNC(C)c1ccc(Br)cc1. The van der Waals surface area contributed by atoms with Crippen LogP contribution >= 0.6 is 15.9 Å². The molecule has 82 valence electrons. The molecule has 0 saturated carbocycles. The van der Waals surface area contributed by atoms with Crippen LogP contribution in [0.4, 0.5) is 0 Å². The third kappa shape index (κ3) is 4.63. The summed E-state index contributed by atoms with van der Waals surface area (Å²) in [5.74, 6) is 0. The molecule has 0 amide bonds. The monoisotopic (exact) mass is 267 g/mol. The second-order valence-electron chi connectivity index (χ2n) is 3.59. The van der Waals surface area contributed by atoms with E-state index in [-0.39, 0.29) is 0 Å². The quantitative estimate of drug-likeness (QED) is 0.627. The molecule has 0 fully saturated rings. The van der Waals surface area contributed by atoms with E-state index >= 15 is 0 Å². The van der Waals surface area contributed by atoms with Crippen molar-refractivity contribution in [3.63, 3.8) is 0 Å². The van der Waals surface area contributed by atoms with E-state index in [2.05, 4.69) is 71.5 Å². The minimum atomic E-state index is 0.420. The van der Waals surface area contributed by atoms with Crippen LogP contribution in [0.3, 0.4) is 0 Å². The van der Waals surface area contributed by atoms with Gasteiger partial charge in [0.25, 0.3) is 0 Å². The van der Waals surface area contributed by atoms with Crippen LogP contribution in [0, 0.1) is 0 Å². The Labute approximate surface area is 101 Å². The number of nitrogens with one attached hydrogen (secondary N) is 1. The van der Waals surface area contributed by atoms with Gasteiger partial charge < -0.3 is 5.32 Å². The predicted molar refractivity (Wildman–Crippen MR) is 70.0 cm³/mol. The van der Waals surface area contributed by atoms with Crippen LogP contribution in [0.5, 0.6) is 0 Å². The van der Waals surface area contributed by atoms with Crippen molar-refractivity contribution in [1.82, 2.24) is 5.32 Å². The number of hydrogen-bond acceptors (Lipinski definition) is 1. The molecule has 0 aliphatic carbocycles. The summed E-state index contributed by atoms with van der Waals surface area (Å²) >= 11 is 3.44. The highest BCUT2D eigenvalue weighted by Gasteiger charge is 2.02. The summed E-state index contributed by atoms with van der Waals surface area (Å²) in [7, 11) is 0. The third-order valence-electron chi connectivity index (χ3n) is 2.37. The number of allylic oxidation sites excluding steroid dienone is 1. The van der Waals surface area contributed by atoms with Crippen LogP contribution in [0.15, 0.2) is 40.9 Å². The second kappa shape index (κ2) is 6.81. The Kier molecular flexibility index (Phi) is 5.66. The largest absolute Gasteiger partial charge is 0.310 e. The zero-order chi connectivity index (χ0) is 11.1. The molecule has 1 atom stereocenters. The maximum atomic E-state index is 3.49. The molecule has 0 spiro atoms. The second-order valence-corrected chi connectivity index (χ2v) is 4.50. The van der Waals surface area contributed by atoms with E-state index < -0.39 is 0 Å². The van der Waals surface area contributed by atoms with E-state index in [0.717, 1.165) is 17.4 Å². The first-order chi connectivity index (χ1) is 7.24. The first-order valence-corrected chi connectivity index (χ1v) is 6.13. The Hall–Kier alpha value is -0.600. The van der Waals surface area contributed by atoms with E-state index in [4.69, 9.17) is 0 Å². The first kappa shape index (κ1) is 12.5. The van der Waals surface area contributed by atoms with Gasteiger partial charge in [-0.05, 0) is 44.5 Å². The molecule has 1 rings (SSSR count). The van der Waals surface area contributed by atoms with Crippen LogP contribution in [0.2, 0.25) is 0 Å². The summed E-state index contributed by atoms with van der Waals surface area (Å²) < 4.78 is 1.13. The van der Waals surface area contributed by atoms with Gasteiger partial charge in [0.1, 0.15) is 0 Å². The Morgan fingerprint density at radius 1 is 1.33 bits per heavy atom. The fraction of sp³-hybridized carbons (Fsp3) is 0.385. The molecule has 0 aliphatic rings. The fourth-order valence-electron chi connectivity index (χ4n) is 1.42. The Balaban J connectivity index is 2.39. The van der Waals surface area contributed by atoms with Crippen LogP contribution in [0.1, 0.15) is 31.9 Å². The van der Waals surface area contributed by atoms with Gasteiger partial charge >= 0.3 is 0 Å². The molecule has 0 heterocycles. The maximum absolute atomic E-state index is 3.49. The Bertz CT molecular complexity index is 303. The third-order valence-corrected chi connectivity index (χ3v) is 2.90. The van der Waals surface area contributed by atoms with Gasteiger partial charge in [0.2, 0.25) is 0 Å². The van der Waals surface area contributed by atoms with Crippen LogP contribution in [0.25, 0.3) is 0 Å². The lowest BCUT2D eigenvalue weighted by Gasteiger charge is -2.13. The van der Waals surface area contributed by atoms with Gasteiger partial charge in [-0.3, -0.25) is 0 Å². The summed E-state index contributed by atoms with van der Waals surface area (Å²) in [5, 5.41) is 3.49. The highest BCUT2D eigenvalue weighted by Crippen LogP contribution is 2.16. The topological polar surface area (TPSA) is 12.0 Å². The fourth-order valence-corrected chi connectivity index (χ4v) is 1.68. The summed E-state index contributed by atoms with van der Waals surface area (Å²) in [6.45, 7) is 5.28. The predicted octanol–water partition coefficient (Wildman–Crippen LogP) is 4.07. The van der Waals surface area contributed by atoms with Crippen LogP contribution in [-0.2, 0) is 0 Å². The van der Waals surface area contributed by atoms with Gasteiger partial charge in [0.05, 0.1) is 0 Å². The molecule has 0 bridgehead atoms. The minimum absolute atomic E-state index is 0.420. The van der Waals surface area contributed by atoms with E-state index in [1.807, 2.05) is 0 Å². The Morgan fingerprint density at radius 2 is 2.00 bits per heavy atom. The van der Waals surface area contributed by atoms with Crippen LogP contribution < -0.4 is 5.32 Å². The first-order valence-electron chi connectivity index (χ1n) is 5.34. The average Bonchev–Trinajstić information content (AvgIpc) is 2.25. The summed E-state index contributed by atoms with van der Waals surface area (Å²) in [6.07, 6.45) is 5.37. The molecule has 2 heteroatoms. The van der Waals surface area contributed by atoms with Crippen molar-refractivity contribution >= 4 is 15.9 Å². The lowest BCUT2D eigenvalue weighted by atomic mass is 10.1. The molecule has 1 aromatic carbocycles. The molecular weight excluding hydrogens is 250 g/mol. The van der Waals surface area contributed by atoms with Crippen molar-refractivity contribution in [1.29, 1.82) is 0 Å². The average molecular weight is 268 g/mol. The maximum Gasteiger partial charge on any atom is 0.0291 e. The van der Waals surface area contributed by atoms with Gasteiger partial charge in [0.15, 0.2) is 0 Å². The zero-order valence-electron chi connectivity index (χ0n) is 9.33. The molecule has 1 N–H and O–H groups in total. The molecule has 0 radical (unpaired) electrons. The lowest BCUT2D eigenvalue weighted by molar-refractivity contribution is 0.581. The van der Waals surface area contributed by atoms with Gasteiger partial charge in [-0.1, -0.05) is 40.2 Å². The van der Waals surface area contributed by atoms with Crippen molar-refractivity contribution in [2.75, 3.05) is 6.54 Å². The number of hydrogen-bond donors (Lipinski definition) is 1. The zero-order valence-corrected chi connectivity index (χ0v) is 10.9. The number of rotatable bonds is 5. The standard InChI is InChI=1S/C13H18BrN/c1-3-4-5-10-15-11(2)12-6-8-13(14)9-7-12/h3-4,6-9,11,15H,5,10H2,1-2H3/b4-3+. The van der Waals surface area contributed by atoms with Crippen molar-refractivity contribution < 1.29 is 0 Å². The van der Waals surface area contributed by atoms with Gasteiger partial charge in [0, 0.05) is 10.5 Å². The van der Waals surface area contributed by atoms with Crippen molar-refractivity contribution in [3.8, 4) is 0 Å². The summed E-state index contributed by atoms with van der Waals surface area (Å²) in [6, 6.07) is 8.89. The molecule has 0 aromatic heterocycles. The van der Waals surface area contributed by atoms with E-state index in [9.17, 15) is 0 Å². The Morgan fingerprint density at radius 3 is 2.60 bits per heavy atom. The minimum Gasteiger partial charge on any atom is -0.310 e. The van der Waals surface area contributed by atoms with E-state index in [1.165, 1.54) is 5.56 Å². The smallest absolute Gasteiger partial charge is 0.0291 e. The van der Waals surface area contributed by atoms with Gasteiger partial charge in [-0.15, -0.1) is 0 Å². The van der Waals surface area contributed by atoms with Crippen molar-refractivity contribution in [2.45, 2.75) is 26.3 Å². The van der Waals surface area contributed by atoms with Gasteiger partial charge in [-0.2, -0.15) is 0 Å². The molecule has 15 heavy (non-hydrogen) atoms. The number of halogens is 1. The van der Waals surface area contributed by atoms with Crippen molar-refractivity contribution in [2.24, 2.45) is 0 Å². The van der Waals surface area contributed by atoms with Crippen molar-refractivity contribution in [3.05, 3.63) is 46.5 Å². The normalized spacial score (nSPS) is 13.3. The molecule has 1 unspecified atom stereocenters. The molecule has 1 aromatic rings. The molecular formula is C13H18BrN. The highest BCUT2D eigenvalue weighted by atomic mass is 79.9. The van der Waals surface area contributed by atoms with Crippen LogP contribution in [-0.4, -0.2) is 6.54 Å².